The lowest BCUT2D eigenvalue weighted by molar-refractivity contribution is -0.215. The number of hydrogen-bond donors (Lipinski definition) is 2. The molecule has 1 amide bonds. The number of amides is 1. The monoisotopic (exact) mass is 487 g/mol. The molecule has 1 aromatic carbocycles. The smallest absolute Gasteiger partial charge is 0.418 e. The fraction of sp³-hybridized carbons (Fsp3) is 0.368. The van der Waals surface area contributed by atoms with Crippen LogP contribution >= 0.6 is 11.8 Å². The van der Waals surface area contributed by atoms with Crippen LogP contribution in [-0.4, -0.2) is 53.0 Å². The summed E-state index contributed by atoms with van der Waals surface area (Å²) in [6.45, 7) is -0.518. The molecule has 4 rings (SSSR count). The van der Waals surface area contributed by atoms with Crippen molar-refractivity contribution in [1.82, 2.24) is 9.97 Å². The number of anilines is 1. The summed E-state index contributed by atoms with van der Waals surface area (Å²) in [5.74, 6) is -2.00. The van der Waals surface area contributed by atoms with Gasteiger partial charge in [-0.1, -0.05) is 11.8 Å². The second-order valence-corrected chi connectivity index (χ2v) is 8.21. The number of rotatable bonds is 4. The average molecular weight is 487 g/mol. The van der Waals surface area contributed by atoms with E-state index in [0.717, 1.165) is 24.0 Å². The van der Waals surface area contributed by atoms with E-state index in [4.69, 9.17) is 19.9 Å². The molecule has 2 aromatic rings. The molecule has 3 heterocycles. The normalized spacial score (nSPS) is 24.6. The second-order valence-electron chi connectivity index (χ2n) is 7.17. The maximum atomic E-state index is 14.9. The molecule has 0 aliphatic carbocycles. The Balaban J connectivity index is 1.61. The summed E-state index contributed by atoms with van der Waals surface area (Å²) in [6, 6.07) is 3.43. The van der Waals surface area contributed by atoms with Gasteiger partial charge in [0, 0.05) is 22.9 Å². The Kier molecular flexibility index (Phi) is 6.05. The third-order valence-electron chi connectivity index (χ3n) is 5.19. The van der Waals surface area contributed by atoms with Crippen molar-refractivity contribution in [3.63, 3.8) is 0 Å². The molecule has 0 radical (unpaired) electrons. The molecule has 3 N–H and O–H groups in total. The molecule has 0 unspecified atom stereocenters. The number of halogens is 4. The Labute approximate surface area is 188 Å². The Morgan fingerprint density at radius 1 is 1.30 bits per heavy atom. The van der Waals surface area contributed by atoms with Crippen molar-refractivity contribution in [3.05, 3.63) is 42.0 Å². The zero-order chi connectivity index (χ0) is 23.8. The van der Waals surface area contributed by atoms with Crippen LogP contribution in [0.5, 0.6) is 11.8 Å². The van der Waals surface area contributed by atoms with E-state index in [-0.39, 0.29) is 33.9 Å². The molecule has 0 saturated carbocycles. The number of ether oxygens (including phenoxy) is 3. The minimum Gasteiger partial charge on any atom is -0.480 e. The van der Waals surface area contributed by atoms with Crippen molar-refractivity contribution >= 4 is 28.7 Å². The van der Waals surface area contributed by atoms with E-state index < -0.39 is 42.3 Å². The fourth-order valence-electron chi connectivity index (χ4n) is 3.73. The molecule has 9 nitrogen and oxygen atoms in total. The molecule has 0 spiro atoms. The average Bonchev–Trinajstić information content (AvgIpc) is 3.15. The van der Waals surface area contributed by atoms with Crippen LogP contribution in [0, 0.1) is 11.7 Å². The number of benzene rings is 1. The summed E-state index contributed by atoms with van der Waals surface area (Å²) in [4.78, 5) is 24.1. The second kappa shape index (κ2) is 8.67. The van der Waals surface area contributed by atoms with E-state index in [1.165, 1.54) is 25.4 Å². The lowest BCUT2D eigenvalue weighted by Crippen LogP contribution is -2.46. The topological polar surface area (TPSA) is 121 Å². The van der Waals surface area contributed by atoms with Crippen molar-refractivity contribution < 1.29 is 36.6 Å². The summed E-state index contributed by atoms with van der Waals surface area (Å²) >= 11 is 0.946. The first-order valence-corrected chi connectivity index (χ1v) is 10.4. The highest BCUT2D eigenvalue weighted by Gasteiger charge is 2.62. The minimum absolute atomic E-state index is 0.0212. The van der Waals surface area contributed by atoms with Crippen molar-refractivity contribution in [2.75, 3.05) is 24.8 Å². The van der Waals surface area contributed by atoms with Gasteiger partial charge in [-0.25, -0.2) is 24.1 Å². The number of methoxy groups -OCH3 is 1. The van der Waals surface area contributed by atoms with Crippen molar-refractivity contribution in [2.45, 2.75) is 17.8 Å². The first-order valence-electron chi connectivity index (χ1n) is 9.44. The van der Waals surface area contributed by atoms with Crippen molar-refractivity contribution in [1.29, 1.82) is 0 Å². The van der Waals surface area contributed by atoms with E-state index >= 15 is 0 Å². The lowest BCUT2D eigenvalue weighted by Gasteiger charge is -2.36. The molecular formula is C19H17F4N5O4S. The maximum absolute atomic E-state index is 14.9. The summed E-state index contributed by atoms with van der Waals surface area (Å²) in [5.41, 5.74) is 3.98. The number of aromatic nitrogens is 2. The van der Waals surface area contributed by atoms with Gasteiger partial charge in [0.2, 0.25) is 11.8 Å². The maximum Gasteiger partial charge on any atom is 0.418 e. The van der Waals surface area contributed by atoms with Crippen LogP contribution in [0.1, 0.15) is 5.56 Å². The van der Waals surface area contributed by atoms with Crippen LogP contribution in [-0.2, 0) is 10.3 Å². The van der Waals surface area contributed by atoms with Crippen LogP contribution in [0.25, 0.3) is 0 Å². The van der Waals surface area contributed by atoms with Gasteiger partial charge in [-0.3, -0.25) is 5.32 Å². The molecule has 1 saturated heterocycles. The number of nitrogens with one attached hydrogen (secondary N) is 1. The van der Waals surface area contributed by atoms with Gasteiger partial charge in [0.15, 0.2) is 11.3 Å². The number of alkyl halides is 3. The van der Waals surface area contributed by atoms with Crippen LogP contribution in [0.4, 0.5) is 28.0 Å². The highest BCUT2D eigenvalue weighted by molar-refractivity contribution is 8.13. The summed E-state index contributed by atoms with van der Waals surface area (Å²) in [6.07, 6.45) is -5.37. The molecular weight excluding hydrogens is 470 g/mol. The highest BCUT2D eigenvalue weighted by Crippen LogP contribution is 2.52. The molecule has 1 aromatic heterocycles. The lowest BCUT2D eigenvalue weighted by atomic mass is 9.78. The van der Waals surface area contributed by atoms with Gasteiger partial charge in [-0.05, 0) is 18.2 Å². The number of carbonyl (C=O) groups is 1. The van der Waals surface area contributed by atoms with Gasteiger partial charge in [0.05, 0.1) is 26.1 Å². The number of fused-ring (bicyclic) bond motifs is 1. The number of thioether (sulfide) groups is 1. The first kappa shape index (κ1) is 23.0. The number of amidine groups is 1. The summed E-state index contributed by atoms with van der Waals surface area (Å²) in [5, 5.41) is 2.40. The molecule has 33 heavy (non-hydrogen) atoms. The first-order chi connectivity index (χ1) is 15.6. The Bertz CT molecular complexity index is 1080. The van der Waals surface area contributed by atoms with Gasteiger partial charge in [0.1, 0.15) is 11.4 Å². The largest absolute Gasteiger partial charge is 0.480 e. The quantitative estimate of drug-likeness (QED) is 0.632. The predicted octanol–water partition coefficient (Wildman–Crippen LogP) is 3.07. The van der Waals surface area contributed by atoms with E-state index in [1.807, 2.05) is 0 Å². The molecule has 176 valence electrons. The van der Waals surface area contributed by atoms with Gasteiger partial charge in [0.25, 0.3) is 0 Å². The molecule has 0 bridgehead atoms. The van der Waals surface area contributed by atoms with E-state index in [0.29, 0.717) is 0 Å². The Morgan fingerprint density at radius 2 is 2.03 bits per heavy atom. The third-order valence-corrected chi connectivity index (χ3v) is 6.11. The highest BCUT2D eigenvalue weighted by atomic mass is 32.2. The van der Waals surface area contributed by atoms with Crippen LogP contribution in [0.3, 0.4) is 0 Å². The van der Waals surface area contributed by atoms with Gasteiger partial charge >= 0.3 is 12.3 Å². The number of aliphatic imine (C=N–C) groups is 1. The van der Waals surface area contributed by atoms with Crippen LogP contribution < -0.4 is 20.5 Å². The van der Waals surface area contributed by atoms with Crippen molar-refractivity contribution in [2.24, 2.45) is 16.6 Å². The zero-order valence-corrected chi connectivity index (χ0v) is 17.7. The number of carbonyl (C=O) groups excluding carboxylic acids is 1. The van der Waals surface area contributed by atoms with E-state index in [9.17, 15) is 22.4 Å². The Morgan fingerprint density at radius 3 is 2.70 bits per heavy atom. The third kappa shape index (κ3) is 4.53. The molecule has 14 heteroatoms. The molecule has 3 atom stereocenters. The molecule has 2 aliphatic heterocycles. The van der Waals surface area contributed by atoms with Gasteiger partial charge in [-0.2, -0.15) is 13.2 Å². The number of nitrogens with zero attached hydrogens (tertiary/aromatic N) is 3. The Hall–Kier alpha value is -3.13. The number of nitrogens with two attached hydrogens (primary N) is 1. The van der Waals surface area contributed by atoms with Gasteiger partial charge in [-0.15, -0.1) is 0 Å². The standard InChI is InChI=1S/C19H17F4N5O4S/c1-30-13-5-26-14(6-25-13)32-17(29)27-9-2-3-12(20)10(4-9)18-8-31-15(19(21,22)23)11(18)7-33-16(24)28-18/h2-6,11,15H,7-8H2,1H3,(H2,24,28)(H,27,29)/t11-,15+,18-/m1/s1. The van der Waals surface area contributed by atoms with Crippen LogP contribution in [0.2, 0.25) is 0 Å². The zero-order valence-electron chi connectivity index (χ0n) is 16.9. The van der Waals surface area contributed by atoms with Crippen molar-refractivity contribution in [3.8, 4) is 11.8 Å². The summed E-state index contributed by atoms with van der Waals surface area (Å²) < 4.78 is 70.3. The molecule has 2 aliphatic rings. The fourth-order valence-corrected chi connectivity index (χ4v) is 4.76. The minimum atomic E-state index is -4.66. The van der Waals surface area contributed by atoms with Gasteiger partial charge < -0.3 is 19.9 Å². The number of hydrogen-bond acceptors (Lipinski definition) is 9. The van der Waals surface area contributed by atoms with E-state index in [1.54, 1.807) is 0 Å². The SMILES string of the molecule is COc1cnc(OC(=O)Nc2ccc(F)c([C@]34CO[C@H](C(F)(F)F)[C@H]3CSC(N)=N4)c2)cn1. The summed E-state index contributed by atoms with van der Waals surface area (Å²) in [7, 11) is 1.39. The van der Waals surface area contributed by atoms with Crippen LogP contribution in [0.15, 0.2) is 35.6 Å². The van der Waals surface area contributed by atoms with E-state index in [2.05, 4.69) is 20.3 Å². The predicted molar refractivity (Wildman–Crippen MR) is 110 cm³/mol. The molecule has 1 fully saturated rings.